The molecular formula is C12H17BrN4OS. The van der Waals surface area contributed by atoms with Gasteiger partial charge in [-0.25, -0.2) is 0 Å². The highest BCUT2D eigenvalue weighted by Crippen LogP contribution is 2.37. The lowest BCUT2D eigenvalue weighted by Gasteiger charge is -2.47. The molecule has 1 aromatic rings. The fraction of sp³-hybridized carbons (Fsp3) is 0.750. The largest absolute Gasteiger partial charge is 0.353 e. The maximum Gasteiger partial charge on any atom is 0.217 e. The number of carbonyl (C=O) groups is 1. The van der Waals surface area contributed by atoms with Gasteiger partial charge in [-0.15, -0.1) is 10.2 Å². The molecule has 0 radical (unpaired) electrons. The molecule has 1 aliphatic heterocycles. The first-order chi connectivity index (χ1) is 9.13. The van der Waals surface area contributed by atoms with Gasteiger partial charge in [0.25, 0.3) is 0 Å². The Morgan fingerprint density at radius 1 is 1.37 bits per heavy atom. The minimum absolute atomic E-state index is 0.0917. The molecule has 1 amide bonds. The first-order valence-electron chi connectivity index (χ1n) is 6.64. The molecule has 7 heteroatoms. The number of anilines is 1. The number of rotatable bonds is 2. The summed E-state index contributed by atoms with van der Waals surface area (Å²) >= 11 is 4.95. The number of amides is 1. The molecule has 3 atom stereocenters. The summed E-state index contributed by atoms with van der Waals surface area (Å²) in [6, 6.07) is 0.346. The summed E-state index contributed by atoms with van der Waals surface area (Å²) in [5.74, 6) is 1.17. The molecule has 2 aliphatic rings. The van der Waals surface area contributed by atoms with Crippen molar-refractivity contribution in [3.8, 4) is 0 Å². The van der Waals surface area contributed by atoms with Crippen LogP contribution in [0.2, 0.25) is 0 Å². The third-order valence-corrected chi connectivity index (χ3v) is 5.52. The number of fused-ring (bicyclic) bond motifs is 2. The second kappa shape index (κ2) is 5.36. The van der Waals surface area contributed by atoms with E-state index in [1.54, 1.807) is 18.3 Å². The zero-order valence-electron chi connectivity index (χ0n) is 10.8. The van der Waals surface area contributed by atoms with Crippen LogP contribution in [0.15, 0.2) is 3.92 Å². The lowest BCUT2D eigenvalue weighted by Crippen LogP contribution is -2.58. The van der Waals surface area contributed by atoms with Gasteiger partial charge in [0.05, 0.1) is 0 Å². The van der Waals surface area contributed by atoms with Gasteiger partial charge in [-0.1, -0.05) is 17.8 Å². The van der Waals surface area contributed by atoms with E-state index < -0.39 is 0 Å². The topological polar surface area (TPSA) is 58.1 Å². The third kappa shape index (κ3) is 2.76. The molecule has 1 aromatic heterocycles. The SMILES string of the molecule is CC(=O)NC1[C@@H]2CCC[C@H]1CN(c1nnc(Br)s1)C2. The Balaban J connectivity index is 1.76. The van der Waals surface area contributed by atoms with E-state index in [0.29, 0.717) is 17.9 Å². The van der Waals surface area contributed by atoms with Crippen molar-refractivity contribution in [1.82, 2.24) is 15.5 Å². The Morgan fingerprint density at radius 2 is 2.05 bits per heavy atom. The van der Waals surface area contributed by atoms with Crippen LogP contribution in [-0.4, -0.2) is 35.2 Å². The van der Waals surface area contributed by atoms with Gasteiger partial charge in [-0.2, -0.15) is 0 Å². The van der Waals surface area contributed by atoms with Crippen LogP contribution in [0.25, 0.3) is 0 Å². The van der Waals surface area contributed by atoms with Gasteiger partial charge in [0.1, 0.15) is 0 Å². The number of halogens is 1. The predicted molar refractivity (Wildman–Crippen MR) is 78.3 cm³/mol. The number of carbonyl (C=O) groups excluding carboxylic acids is 1. The van der Waals surface area contributed by atoms with Crippen molar-refractivity contribution in [2.45, 2.75) is 32.2 Å². The number of nitrogens with one attached hydrogen (secondary N) is 1. The van der Waals surface area contributed by atoms with E-state index in [9.17, 15) is 4.79 Å². The zero-order valence-corrected chi connectivity index (χ0v) is 13.2. The molecule has 1 unspecified atom stereocenters. The van der Waals surface area contributed by atoms with Crippen LogP contribution in [0.5, 0.6) is 0 Å². The maximum absolute atomic E-state index is 11.3. The van der Waals surface area contributed by atoms with Crippen molar-refractivity contribution in [2.75, 3.05) is 18.0 Å². The van der Waals surface area contributed by atoms with Gasteiger partial charge in [-0.3, -0.25) is 4.79 Å². The van der Waals surface area contributed by atoms with Gasteiger partial charge in [0.15, 0.2) is 3.92 Å². The molecule has 0 spiro atoms. The van der Waals surface area contributed by atoms with Crippen LogP contribution < -0.4 is 10.2 Å². The smallest absolute Gasteiger partial charge is 0.217 e. The Kier molecular flexibility index (Phi) is 3.75. The minimum atomic E-state index is 0.0917. The number of hydrogen-bond donors (Lipinski definition) is 1. The molecule has 2 heterocycles. The molecule has 1 saturated heterocycles. The molecule has 1 N–H and O–H groups in total. The van der Waals surface area contributed by atoms with Crippen LogP contribution in [-0.2, 0) is 4.79 Å². The summed E-state index contributed by atoms with van der Waals surface area (Å²) in [7, 11) is 0. The second-order valence-electron chi connectivity index (χ2n) is 5.42. The van der Waals surface area contributed by atoms with E-state index in [1.165, 1.54) is 19.3 Å². The van der Waals surface area contributed by atoms with Gasteiger partial charge in [-0.05, 0) is 40.6 Å². The molecule has 19 heavy (non-hydrogen) atoms. The average molecular weight is 345 g/mol. The van der Waals surface area contributed by atoms with Crippen molar-refractivity contribution in [3.63, 3.8) is 0 Å². The molecule has 5 nitrogen and oxygen atoms in total. The van der Waals surface area contributed by atoms with E-state index in [0.717, 1.165) is 22.1 Å². The highest BCUT2D eigenvalue weighted by Gasteiger charge is 2.40. The molecule has 2 bridgehead atoms. The van der Waals surface area contributed by atoms with E-state index in [2.05, 4.69) is 36.3 Å². The summed E-state index contributed by atoms with van der Waals surface area (Å²) in [6.07, 6.45) is 3.66. The van der Waals surface area contributed by atoms with Crippen molar-refractivity contribution in [1.29, 1.82) is 0 Å². The molecular weight excluding hydrogens is 328 g/mol. The lowest BCUT2D eigenvalue weighted by atomic mass is 9.73. The van der Waals surface area contributed by atoms with Crippen LogP contribution in [0.1, 0.15) is 26.2 Å². The molecule has 2 fully saturated rings. The Labute approximate surface area is 124 Å². The molecule has 1 saturated carbocycles. The molecule has 0 aromatic carbocycles. The fourth-order valence-corrected chi connectivity index (χ4v) is 4.50. The van der Waals surface area contributed by atoms with Crippen LogP contribution in [0.3, 0.4) is 0 Å². The van der Waals surface area contributed by atoms with E-state index >= 15 is 0 Å². The molecule has 3 rings (SSSR count). The van der Waals surface area contributed by atoms with Crippen LogP contribution >= 0.6 is 27.3 Å². The molecule has 1 aliphatic carbocycles. The molecule has 104 valence electrons. The minimum Gasteiger partial charge on any atom is -0.353 e. The average Bonchev–Trinajstić information content (AvgIpc) is 2.74. The van der Waals surface area contributed by atoms with E-state index in [-0.39, 0.29) is 5.91 Å². The van der Waals surface area contributed by atoms with Gasteiger partial charge in [0, 0.05) is 26.1 Å². The summed E-state index contributed by atoms with van der Waals surface area (Å²) in [5.41, 5.74) is 0. The van der Waals surface area contributed by atoms with Crippen molar-refractivity contribution < 1.29 is 4.79 Å². The van der Waals surface area contributed by atoms with E-state index in [1.807, 2.05) is 0 Å². The zero-order chi connectivity index (χ0) is 13.4. The van der Waals surface area contributed by atoms with Crippen molar-refractivity contribution in [2.24, 2.45) is 11.8 Å². The predicted octanol–water partition coefficient (Wildman–Crippen LogP) is 2.04. The van der Waals surface area contributed by atoms with Gasteiger partial charge in [0.2, 0.25) is 11.0 Å². The Bertz CT molecular complexity index is 466. The lowest BCUT2D eigenvalue weighted by molar-refractivity contribution is -0.120. The summed E-state index contributed by atoms with van der Waals surface area (Å²) < 4.78 is 0.830. The second-order valence-corrected chi connectivity index (χ2v) is 7.65. The quantitative estimate of drug-likeness (QED) is 0.891. The Hall–Kier alpha value is -0.690. The Morgan fingerprint density at radius 3 is 2.58 bits per heavy atom. The highest BCUT2D eigenvalue weighted by molar-refractivity contribution is 9.11. The van der Waals surface area contributed by atoms with Crippen molar-refractivity contribution >= 4 is 38.3 Å². The third-order valence-electron chi connectivity index (χ3n) is 4.11. The fourth-order valence-electron chi connectivity index (χ4n) is 3.39. The number of piperidine rings is 1. The maximum atomic E-state index is 11.3. The van der Waals surface area contributed by atoms with Crippen LogP contribution in [0.4, 0.5) is 5.13 Å². The number of hydrogen-bond acceptors (Lipinski definition) is 5. The first-order valence-corrected chi connectivity index (χ1v) is 8.25. The van der Waals surface area contributed by atoms with Gasteiger partial charge < -0.3 is 10.2 Å². The number of nitrogens with zero attached hydrogens (tertiary/aromatic N) is 3. The highest BCUT2D eigenvalue weighted by atomic mass is 79.9. The van der Waals surface area contributed by atoms with E-state index in [4.69, 9.17) is 0 Å². The summed E-state index contributed by atoms with van der Waals surface area (Å²) in [6.45, 7) is 3.57. The normalized spacial score (nSPS) is 30.2. The number of aromatic nitrogens is 2. The van der Waals surface area contributed by atoms with Crippen LogP contribution in [0, 0.1) is 11.8 Å². The monoisotopic (exact) mass is 344 g/mol. The van der Waals surface area contributed by atoms with Crippen molar-refractivity contribution in [3.05, 3.63) is 3.92 Å². The van der Waals surface area contributed by atoms with Gasteiger partial charge >= 0.3 is 0 Å². The summed E-state index contributed by atoms with van der Waals surface area (Å²) in [4.78, 5) is 13.7. The summed E-state index contributed by atoms with van der Waals surface area (Å²) in [5, 5.41) is 12.4. The first kappa shape index (κ1) is 13.3. The standard InChI is InChI=1S/C12H17BrN4OS/c1-7(18)14-10-8-3-2-4-9(10)6-17(5-8)12-16-15-11(13)19-12/h8-10H,2-6H2,1H3,(H,14,18)/t8-,9+,10?.